The number of thiazole rings is 1. The van der Waals surface area contributed by atoms with Gasteiger partial charge in [-0.1, -0.05) is 16.6 Å². The molecule has 8 heteroatoms. The van der Waals surface area contributed by atoms with Gasteiger partial charge in [-0.2, -0.15) is 0 Å². The number of amides is 1. The summed E-state index contributed by atoms with van der Waals surface area (Å²) in [6.45, 7) is 0. The highest BCUT2D eigenvalue weighted by atomic mass is 32.1. The SMILES string of the molecule is Nc1cccc(-c2csc(NC(=O)c3cnns3)n2)c1. The van der Waals surface area contributed by atoms with Crippen molar-refractivity contribution in [1.29, 1.82) is 0 Å². The topological polar surface area (TPSA) is 93.8 Å². The molecule has 3 aromatic rings. The first-order chi connectivity index (χ1) is 9.72. The van der Waals surface area contributed by atoms with E-state index in [1.807, 2.05) is 29.6 Å². The molecule has 100 valence electrons. The van der Waals surface area contributed by atoms with E-state index < -0.39 is 0 Å². The lowest BCUT2D eigenvalue weighted by atomic mass is 10.1. The van der Waals surface area contributed by atoms with Crippen molar-refractivity contribution < 1.29 is 4.79 Å². The second kappa shape index (κ2) is 5.35. The Morgan fingerprint density at radius 1 is 1.35 bits per heavy atom. The van der Waals surface area contributed by atoms with Crippen LogP contribution in [-0.4, -0.2) is 20.5 Å². The smallest absolute Gasteiger partial charge is 0.270 e. The van der Waals surface area contributed by atoms with Gasteiger partial charge in [0, 0.05) is 16.6 Å². The molecule has 0 saturated heterocycles. The van der Waals surface area contributed by atoms with Crippen molar-refractivity contribution in [3.63, 3.8) is 0 Å². The van der Waals surface area contributed by atoms with E-state index in [0.717, 1.165) is 22.8 Å². The summed E-state index contributed by atoms with van der Waals surface area (Å²) in [4.78, 5) is 16.7. The van der Waals surface area contributed by atoms with Gasteiger partial charge < -0.3 is 5.73 Å². The number of hydrogen-bond donors (Lipinski definition) is 2. The Balaban J connectivity index is 1.79. The minimum atomic E-state index is -0.256. The predicted octanol–water partition coefficient (Wildman–Crippen LogP) is 2.50. The number of nitrogen functional groups attached to an aromatic ring is 1. The molecule has 0 aliphatic rings. The minimum Gasteiger partial charge on any atom is -0.399 e. The average Bonchev–Trinajstić information content (AvgIpc) is 3.10. The Hall–Kier alpha value is -2.32. The Morgan fingerprint density at radius 3 is 3.00 bits per heavy atom. The summed E-state index contributed by atoms with van der Waals surface area (Å²) in [5.41, 5.74) is 8.11. The Bertz CT molecular complexity index is 738. The van der Waals surface area contributed by atoms with Crippen LogP contribution in [0, 0.1) is 0 Å². The normalized spacial score (nSPS) is 10.4. The van der Waals surface area contributed by atoms with Crippen LogP contribution in [0.1, 0.15) is 9.67 Å². The van der Waals surface area contributed by atoms with Crippen molar-refractivity contribution in [1.82, 2.24) is 14.6 Å². The van der Waals surface area contributed by atoms with E-state index in [0.29, 0.717) is 15.7 Å². The fourth-order valence-corrected chi connectivity index (χ4v) is 2.71. The van der Waals surface area contributed by atoms with Crippen LogP contribution < -0.4 is 11.1 Å². The van der Waals surface area contributed by atoms with Gasteiger partial charge in [0.1, 0.15) is 4.88 Å². The minimum absolute atomic E-state index is 0.256. The summed E-state index contributed by atoms with van der Waals surface area (Å²) in [6, 6.07) is 7.44. The van der Waals surface area contributed by atoms with Crippen molar-refractivity contribution >= 4 is 39.6 Å². The number of aromatic nitrogens is 3. The predicted molar refractivity (Wildman–Crippen MR) is 79.8 cm³/mol. The van der Waals surface area contributed by atoms with Crippen LogP contribution in [0.25, 0.3) is 11.3 Å². The number of nitrogens with zero attached hydrogens (tertiary/aromatic N) is 3. The first kappa shape index (κ1) is 12.7. The lowest BCUT2D eigenvalue weighted by molar-refractivity contribution is 0.103. The second-order valence-electron chi connectivity index (χ2n) is 3.90. The first-order valence-corrected chi connectivity index (χ1v) is 7.28. The fraction of sp³-hybridized carbons (Fsp3) is 0. The molecule has 0 spiro atoms. The summed E-state index contributed by atoms with van der Waals surface area (Å²) in [6.07, 6.45) is 1.42. The van der Waals surface area contributed by atoms with Crippen molar-refractivity contribution in [2.45, 2.75) is 0 Å². The third kappa shape index (κ3) is 2.65. The average molecular weight is 303 g/mol. The third-order valence-corrected chi connectivity index (χ3v) is 3.91. The molecule has 0 saturated carbocycles. The Morgan fingerprint density at radius 2 is 2.25 bits per heavy atom. The summed E-state index contributed by atoms with van der Waals surface area (Å²) in [5, 5.41) is 8.74. The molecule has 1 amide bonds. The van der Waals surface area contributed by atoms with Crippen molar-refractivity contribution in [3.05, 3.63) is 40.7 Å². The molecule has 0 fully saturated rings. The quantitative estimate of drug-likeness (QED) is 0.725. The molecule has 1 aromatic carbocycles. The van der Waals surface area contributed by atoms with Crippen LogP contribution in [0.2, 0.25) is 0 Å². The molecule has 3 N–H and O–H groups in total. The van der Waals surface area contributed by atoms with E-state index in [1.54, 1.807) is 0 Å². The second-order valence-corrected chi connectivity index (χ2v) is 5.54. The standard InChI is InChI=1S/C12H9N5OS2/c13-8-3-1-2-7(4-8)9-6-19-12(15-9)16-11(18)10-5-14-17-20-10/h1-6H,13H2,(H,15,16,18). The van der Waals surface area contributed by atoms with Gasteiger partial charge in [0.05, 0.1) is 11.9 Å². The molecule has 0 atom stereocenters. The molecule has 6 nitrogen and oxygen atoms in total. The number of benzene rings is 1. The molecule has 0 bridgehead atoms. The summed E-state index contributed by atoms with van der Waals surface area (Å²) >= 11 is 2.40. The van der Waals surface area contributed by atoms with E-state index in [9.17, 15) is 4.79 Å². The molecule has 0 radical (unpaired) electrons. The van der Waals surface area contributed by atoms with Gasteiger partial charge in [0.2, 0.25) is 0 Å². The van der Waals surface area contributed by atoms with E-state index in [2.05, 4.69) is 19.9 Å². The van der Waals surface area contributed by atoms with Crippen LogP contribution in [0.3, 0.4) is 0 Å². The van der Waals surface area contributed by atoms with Crippen molar-refractivity contribution in [3.8, 4) is 11.3 Å². The van der Waals surface area contributed by atoms with Crippen LogP contribution >= 0.6 is 22.9 Å². The van der Waals surface area contributed by atoms with Gasteiger partial charge in [-0.15, -0.1) is 16.4 Å². The monoisotopic (exact) mass is 303 g/mol. The maximum Gasteiger partial charge on any atom is 0.270 e. The molecule has 0 unspecified atom stereocenters. The molecular formula is C12H9N5OS2. The largest absolute Gasteiger partial charge is 0.399 e. The zero-order valence-corrected chi connectivity index (χ0v) is 11.7. The van der Waals surface area contributed by atoms with Crippen LogP contribution in [-0.2, 0) is 0 Å². The molecule has 0 aliphatic heterocycles. The lowest BCUT2D eigenvalue weighted by Gasteiger charge is -1.99. The van der Waals surface area contributed by atoms with Crippen LogP contribution in [0.4, 0.5) is 10.8 Å². The molecule has 2 aromatic heterocycles. The van der Waals surface area contributed by atoms with Crippen LogP contribution in [0.5, 0.6) is 0 Å². The number of hydrogen-bond acceptors (Lipinski definition) is 7. The number of nitrogens with one attached hydrogen (secondary N) is 1. The van der Waals surface area contributed by atoms with Crippen LogP contribution in [0.15, 0.2) is 35.8 Å². The summed E-state index contributed by atoms with van der Waals surface area (Å²) < 4.78 is 3.65. The number of carbonyl (C=O) groups excluding carboxylic acids is 1. The summed E-state index contributed by atoms with van der Waals surface area (Å²) in [7, 11) is 0. The number of rotatable bonds is 3. The lowest BCUT2D eigenvalue weighted by Crippen LogP contribution is -2.09. The fourth-order valence-electron chi connectivity index (χ4n) is 1.59. The van der Waals surface area contributed by atoms with Gasteiger partial charge in [-0.3, -0.25) is 10.1 Å². The highest BCUT2D eigenvalue weighted by molar-refractivity contribution is 7.14. The Labute approximate surface area is 122 Å². The molecule has 2 heterocycles. The van der Waals surface area contributed by atoms with Gasteiger partial charge >= 0.3 is 0 Å². The summed E-state index contributed by atoms with van der Waals surface area (Å²) in [5.74, 6) is -0.256. The van der Waals surface area contributed by atoms with Crippen molar-refractivity contribution in [2.24, 2.45) is 0 Å². The van der Waals surface area contributed by atoms with Gasteiger partial charge in [-0.05, 0) is 23.7 Å². The molecule has 0 aliphatic carbocycles. The maximum absolute atomic E-state index is 11.8. The van der Waals surface area contributed by atoms with Crippen molar-refractivity contribution in [2.75, 3.05) is 11.1 Å². The molecular weight excluding hydrogens is 294 g/mol. The Kier molecular flexibility index (Phi) is 3.40. The van der Waals surface area contributed by atoms with E-state index >= 15 is 0 Å². The van der Waals surface area contributed by atoms with E-state index in [1.165, 1.54) is 17.5 Å². The van der Waals surface area contributed by atoms with Gasteiger partial charge in [-0.25, -0.2) is 4.98 Å². The van der Waals surface area contributed by atoms with Gasteiger partial charge in [0.15, 0.2) is 5.13 Å². The van der Waals surface area contributed by atoms with E-state index in [4.69, 9.17) is 5.73 Å². The van der Waals surface area contributed by atoms with E-state index in [-0.39, 0.29) is 5.91 Å². The third-order valence-electron chi connectivity index (χ3n) is 2.49. The highest BCUT2D eigenvalue weighted by Crippen LogP contribution is 2.26. The zero-order chi connectivity index (χ0) is 13.9. The zero-order valence-electron chi connectivity index (χ0n) is 10.1. The number of nitrogens with two attached hydrogens (primary N) is 1. The van der Waals surface area contributed by atoms with Gasteiger partial charge in [0.25, 0.3) is 5.91 Å². The number of carbonyl (C=O) groups is 1. The molecule has 20 heavy (non-hydrogen) atoms. The maximum atomic E-state index is 11.8. The first-order valence-electron chi connectivity index (χ1n) is 5.62. The number of anilines is 2. The highest BCUT2D eigenvalue weighted by Gasteiger charge is 2.11. The molecule has 3 rings (SSSR count).